The Morgan fingerprint density at radius 2 is 2.15 bits per heavy atom. The topological polar surface area (TPSA) is 23.8 Å². The summed E-state index contributed by atoms with van der Waals surface area (Å²) in [7, 11) is 0. The molecule has 0 spiro atoms. The van der Waals surface area contributed by atoms with E-state index in [0.29, 0.717) is 5.56 Å². The van der Waals surface area contributed by atoms with E-state index in [1.807, 2.05) is 28.7 Å². The third kappa shape index (κ3) is 2.37. The fourth-order valence-corrected chi connectivity index (χ4v) is 1.76. The maximum atomic E-state index is 12.4. The lowest BCUT2D eigenvalue weighted by Gasteiger charge is -2.07. The molecular weight excluding hydrogens is 287 g/mol. The minimum atomic E-state index is -2.50. The molecule has 0 N–H and O–H groups in total. The number of nitriles is 1. The van der Waals surface area contributed by atoms with E-state index < -0.39 is 6.43 Å². The molecule has 0 aliphatic carbocycles. The van der Waals surface area contributed by atoms with E-state index >= 15 is 0 Å². The van der Waals surface area contributed by atoms with Gasteiger partial charge in [0.2, 0.25) is 0 Å². The zero-order valence-electron chi connectivity index (χ0n) is 6.60. The van der Waals surface area contributed by atoms with Gasteiger partial charge in [0.25, 0.3) is 6.43 Å². The molecule has 1 rings (SSSR count). The maximum absolute atomic E-state index is 12.4. The molecule has 0 saturated carbocycles. The van der Waals surface area contributed by atoms with Crippen molar-refractivity contribution in [2.75, 3.05) is 0 Å². The largest absolute Gasteiger partial charge is 0.264 e. The molecule has 0 amide bonds. The summed E-state index contributed by atoms with van der Waals surface area (Å²) in [4.78, 5) is 0. The van der Waals surface area contributed by atoms with Crippen LogP contribution in [0.3, 0.4) is 0 Å². The molecule has 68 valence electrons. The van der Waals surface area contributed by atoms with E-state index in [1.165, 1.54) is 6.07 Å². The van der Waals surface area contributed by atoms with Gasteiger partial charge in [0, 0.05) is 9.13 Å². The van der Waals surface area contributed by atoms with Gasteiger partial charge in [-0.3, -0.25) is 0 Å². The summed E-state index contributed by atoms with van der Waals surface area (Å²) >= 11 is 1.96. The summed E-state index contributed by atoms with van der Waals surface area (Å²) in [5.41, 5.74) is 0.411. The summed E-state index contributed by atoms with van der Waals surface area (Å²) in [5.74, 6) is 0. The Balaban J connectivity index is 3.19. The van der Waals surface area contributed by atoms with Crippen LogP contribution in [0.25, 0.3) is 0 Å². The van der Waals surface area contributed by atoms with Gasteiger partial charge >= 0.3 is 0 Å². The van der Waals surface area contributed by atoms with Crippen LogP contribution in [0.4, 0.5) is 8.78 Å². The van der Waals surface area contributed by atoms with E-state index in [-0.39, 0.29) is 12.0 Å². The van der Waals surface area contributed by atoms with Crippen LogP contribution >= 0.6 is 22.6 Å². The van der Waals surface area contributed by atoms with Gasteiger partial charge in [-0.25, -0.2) is 8.78 Å². The van der Waals surface area contributed by atoms with Crippen LogP contribution in [0, 0.1) is 14.9 Å². The minimum Gasteiger partial charge on any atom is -0.205 e. The van der Waals surface area contributed by atoms with Crippen LogP contribution in [0.1, 0.15) is 17.6 Å². The predicted octanol–water partition coefficient (Wildman–Crippen LogP) is 3.29. The summed E-state index contributed by atoms with van der Waals surface area (Å²) in [5, 5.41) is 8.45. The number of hydrogen-bond donors (Lipinski definition) is 0. The van der Waals surface area contributed by atoms with Crippen molar-refractivity contribution in [1.29, 1.82) is 5.26 Å². The number of halogens is 3. The van der Waals surface area contributed by atoms with Crippen LogP contribution < -0.4 is 0 Å². The van der Waals surface area contributed by atoms with Gasteiger partial charge in [0.05, 0.1) is 12.5 Å². The molecule has 4 heteroatoms. The van der Waals surface area contributed by atoms with Gasteiger partial charge in [-0.1, -0.05) is 12.1 Å². The van der Waals surface area contributed by atoms with Crippen LogP contribution in [0.2, 0.25) is 0 Å². The summed E-state index contributed by atoms with van der Waals surface area (Å²) < 4.78 is 25.6. The first kappa shape index (κ1) is 10.4. The van der Waals surface area contributed by atoms with Crippen molar-refractivity contribution in [2.45, 2.75) is 12.8 Å². The van der Waals surface area contributed by atoms with E-state index in [9.17, 15) is 8.78 Å². The molecule has 0 heterocycles. The Hall–Kier alpha value is -0.700. The SMILES string of the molecule is N#CCc1c(I)cccc1C(F)F. The van der Waals surface area contributed by atoms with Gasteiger partial charge in [-0.15, -0.1) is 0 Å². The lowest BCUT2D eigenvalue weighted by Crippen LogP contribution is -1.96. The standard InChI is InChI=1S/C9H6F2IN/c10-9(11)7-2-1-3-8(12)6(7)4-5-13/h1-3,9H,4H2. The Morgan fingerprint density at radius 1 is 1.46 bits per heavy atom. The van der Waals surface area contributed by atoms with Crippen LogP contribution in [0.5, 0.6) is 0 Å². The van der Waals surface area contributed by atoms with Crippen molar-refractivity contribution in [2.24, 2.45) is 0 Å². The van der Waals surface area contributed by atoms with E-state index in [2.05, 4.69) is 0 Å². The molecule has 1 nitrogen and oxygen atoms in total. The first-order valence-electron chi connectivity index (χ1n) is 3.59. The predicted molar refractivity (Wildman–Crippen MR) is 53.4 cm³/mol. The number of hydrogen-bond acceptors (Lipinski definition) is 1. The van der Waals surface area contributed by atoms with E-state index in [4.69, 9.17) is 5.26 Å². The van der Waals surface area contributed by atoms with Gasteiger partial charge < -0.3 is 0 Å². The quantitative estimate of drug-likeness (QED) is 0.768. The van der Waals surface area contributed by atoms with Crippen molar-refractivity contribution < 1.29 is 8.78 Å². The number of alkyl halides is 2. The van der Waals surface area contributed by atoms with E-state index in [1.54, 1.807) is 12.1 Å². The third-order valence-corrected chi connectivity index (χ3v) is 2.66. The van der Waals surface area contributed by atoms with Crippen molar-refractivity contribution >= 4 is 22.6 Å². The molecule has 0 fully saturated rings. The number of rotatable bonds is 2. The molecule has 0 unspecified atom stereocenters. The maximum Gasteiger partial charge on any atom is 0.264 e. The number of nitrogens with zero attached hydrogens (tertiary/aromatic N) is 1. The zero-order valence-corrected chi connectivity index (χ0v) is 8.76. The summed E-state index contributed by atoms with van der Waals surface area (Å²) in [6.07, 6.45) is -2.46. The smallest absolute Gasteiger partial charge is 0.205 e. The van der Waals surface area contributed by atoms with Crippen LogP contribution in [-0.4, -0.2) is 0 Å². The first-order valence-corrected chi connectivity index (χ1v) is 4.67. The third-order valence-electron chi connectivity index (χ3n) is 1.65. The number of benzene rings is 1. The Kier molecular flexibility index (Phi) is 3.60. The average Bonchev–Trinajstić information content (AvgIpc) is 2.08. The Morgan fingerprint density at radius 3 is 2.69 bits per heavy atom. The molecule has 1 aromatic rings. The molecule has 0 aliphatic heterocycles. The van der Waals surface area contributed by atoms with Crippen LogP contribution in [-0.2, 0) is 6.42 Å². The molecule has 0 atom stereocenters. The molecule has 0 radical (unpaired) electrons. The highest BCUT2D eigenvalue weighted by molar-refractivity contribution is 14.1. The lowest BCUT2D eigenvalue weighted by molar-refractivity contribution is 0.150. The Labute approximate surface area is 88.5 Å². The summed E-state index contributed by atoms with van der Waals surface area (Å²) in [6, 6.07) is 6.54. The second kappa shape index (κ2) is 4.51. The first-order chi connectivity index (χ1) is 6.16. The monoisotopic (exact) mass is 293 g/mol. The van der Waals surface area contributed by atoms with Crippen LogP contribution in [0.15, 0.2) is 18.2 Å². The second-order valence-corrected chi connectivity index (χ2v) is 3.61. The molecule has 1 aromatic carbocycles. The lowest BCUT2D eigenvalue weighted by atomic mass is 10.1. The minimum absolute atomic E-state index is 0.0338. The van der Waals surface area contributed by atoms with Crippen molar-refractivity contribution in [3.63, 3.8) is 0 Å². The zero-order chi connectivity index (χ0) is 9.84. The van der Waals surface area contributed by atoms with Crippen molar-refractivity contribution in [3.05, 3.63) is 32.9 Å². The molecule has 0 aromatic heterocycles. The fraction of sp³-hybridized carbons (Fsp3) is 0.222. The molecular formula is C9H6F2IN. The van der Waals surface area contributed by atoms with Gasteiger partial charge in [-0.05, 0) is 34.2 Å². The van der Waals surface area contributed by atoms with Gasteiger partial charge in [0.1, 0.15) is 0 Å². The van der Waals surface area contributed by atoms with Crippen molar-refractivity contribution in [3.8, 4) is 6.07 Å². The molecule has 0 saturated heterocycles. The molecule has 13 heavy (non-hydrogen) atoms. The van der Waals surface area contributed by atoms with Gasteiger partial charge in [-0.2, -0.15) is 5.26 Å². The van der Waals surface area contributed by atoms with E-state index in [0.717, 1.165) is 3.57 Å². The fourth-order valence-electron chi connectivity index (χ4n) is 1.05. The highest BCUT2D eigenvalue weighted by Gasteiger charge is 2.14. The average molecular weight is 293 g/mol. The molecule has 0 aliphatic rings. The second-order valence-electron chi connectivity index (χ2n) is 2.44. The van der Waals surface area contributed by atoms with Crippen molar-refractivity contribution in [1.82, 2.24) is 0 Å². The normalized spacial score (nSPS) is 10.1. The van der Waals surface area contributed by atoms with Gasteiger partial charge in [0.15, 0.2) is 0 Å². The Bertz CT molecular complexity index is 344. The molecule has 0 bridgehead atoms. The summed E-state index contributed by atoms with van der Waals surface area (Å²) in [6.45, 7) is 0. The highest BCUT2D eigenvalue weighted by atomic mass is 127. The highest BCUT2D eigenvalue weighted by Crippen LogP contribution is 2.26.